The molecular weight excluding hydrogens is 503 g/mol. The van der Waals surface area contributed by atoms with Crippen molar-refractivity contribution in [2.24, 2.45) is 0 Å². The molecule has 0 aromatic heterocycles. The summed E-state index contributed by atoms with van der Waals surface area (Å²) in [5, 5.41) is 2.65. The van der Waals surface area contributed by atoms with Gasteiger partial charge in [0, 0.05) is 15.5 Å². The Labute approximate surface area is 208 Å². The van der Waals surface area contributed by atoms with Crippen LogP contribution in [0, 0.1) is 0 Å². The van der Waals surface area contributed by atoms with Crippen LogP contribution < -0.4 is 10.0 Å². The van der Waals surface area contributed by atoms with Crippen LogP contribution in [0.25, 0.3) is 0 Å². The highest BCUT2D eigenvalue weighted by Gasteiger charge is 2.31. The number of carbonyl (C=O) groups excluding carboxylic acids is 1. The van der Waals surface area contributed by atoms with Crippen LogP contribution in [0.3, 0.4) is 0 Å². The van der Waals surface area contributed by atoms with Crippen LogP contribution in [-0.4, -0.2) is 11.7 Å². The van der Waals surface area contributed by atoms with Crippen molar-refractivity contribution in [1.82, 2.24) is 5.32 Å². The van der Waals surface area contributed by atoms with Gasteiger partial charge in [0.25, 0.3) is 11.7 Å². The lowest BCUT2D eigenvalue weighted by molar-refractivity contribution is -0.137. The molecular formula is C25H21F5N2OS2. The van der Waals surface area contributed by atoms with Crippen LogP contribution >= 0.6 is 23.7 Å². The number of nitrogens with one attached hydrogen (secondary N) is 2. The predicted molar refractivity (Wildman–Crippen MR) is 131 cm³/mol. The summed E-state index contributed by atoms with van der Waals surface area (Å²) < 4.78 is 67.6. The number of benzene rings is 3. The zero-order valence-electron chi connectivity index (χ0n) is 18.2. The molecule has 184 valence electrons. The lowest BCUT2D eigenvalue weighted by Gasteiger charge is -2.16. The van der Waals surface area contributed by atoms with E-state index in [0.29, 0.717) is 40.1 Å². The molecule has 0 unspecified atom stereocenters. The molecule has 3 nitrogen and oxygen atoms in total. The average molecular weight is 525 g/mol. The van der Waals surface area contributed by atoms with E-state index in [2.05, 4.69) is 16.6 Å². The molecule has 0 saturated heterocycles. The number of anilines is 1. The maximum atomic E-state index is 13.3. The summed E-state index contributed by atoms with van der Waals surface area (Å²) >= 11 is 1.35. The third-order valence-corrected chi connectivity index (χ3v) is 6.32. The van der Waals surface area contributed by atoms with Gasteiger partial charge in [-0.3, -0.25) is 4.79 Å². The fourth-order valence-corrected chi connectivity index (χ4v) is 4.20. The highest BCUT2D eigenvalue weighted by molar-refractivity contribution is 8.00. The first-order valence-electron chi connectivity index (χ1n) is 10.3. The number of halogens is 5. The number of alkyl halides is 5. The summed E-state index contributed by atoms with van der Waals surface area (Å²) in [6, 6.07) is 18.5. The molecule has 0 atom stereocenters. The Balaban J connectivity index is 1.71. The van der Waals surface area contributed by atoms with E-state index in [9.17, 15) is 26.7 Å². The molecule has 0 fully saturated rings. The van der Waals surface area contributed by atoms with Gasteiger partial charge in [0.05, 0.1) is 16.8 Å². The van der Waals surface area contributed by atoms with Crippen molar-refractivity contribution >= 4 is 35.3 Å². The van der Waals surface area contributed by atoms with Gasteiger partial charge in [0.15, 0.2) is 0 Å². The molecule has 0 aliphatic rings. The summed E-state index contributed by atoms with van der Waals surface area (Å²) in [6.07, 6.45) is -3.48. The highest BCUT2D eigenvalue weighted by Crippen LogP contribution is 2.34. The molecule has 0 spiro atoms. The molecule has 3 aromatic rings. The van der Waals surface area contributed by atoms with Crippen molar-refractivity contribution < 1.29 is 26.7 Å². The van der Waals surface area contributed by atoms with Crippen LogP contribution in [0.1, 0.15) is 27.9 Å². The Morgan fingerprint density at radius 2 is 1.60 bits per heavy atom. The second kappa shape index (κ2) is 12.1. The molecule has 3 aromatic carbocycles. The van der Waals surface area contributed by atoms with Crippen molar-refractivity contribution in [1.29, 1.82) is 0 Å². The van der Waals surface area contributed by atoms with Crippen LogP contribution in [0.4, 0.5) is 27.6 Å². The minimum absolute atomic E-state index is 0.0104. The number of aryl methyl sites for hydroxylation is 1. The quantitative estimate of drug-likeness (QED) is 0.160. The molecule has 0 heterocycles. The number of thioether (sulfide) groups is 1. The Kier molecular flexibility index (Phi) is 9.22. The first kappa shape index (κ1) is 26.6. The second-order valence-corrected chi connectivity index (χ2v) is 9.30. The molecule has 3 rings (SSSR count). The van der Waals surface area contributed by atoms with Gasteiger partial charge in [0.1, 0.15) is 0 Å². The van der Waals surface area contributed by atoms with Crippen LogP contribution in [-0.2, 0) is 12.6 Å². The van der Waals surface area contributed by atoms with Crippen molar-refractivity contribution in [3.8, 4) is 0 Å². The fourth-order valence-electron chi connectivity index (χ4n) is 3.04. The summed E-state index contributed by atoms with van der Waals surface area (Å²) in [4.78, 5) is 13.8. The third-order valence-electron chi connectivity index (χ3n) is 4.77. The van der Waals surface area contributed by atoms with Crippen LogP contribution in [0.15, 0.2) is 94.9 Å². The molecule has 0 aliphatic carbocycles. The Morgan fingerprint density at radius 1 is 0.943 bits per heavy atom. The standard InChI is InChI=1S/C25H21F5N2OS2/c1-16(7-8-17-5-3-2-4-6-17)31-23(33)21-14-9-18(25(28,29)30)15-22(21)32-35-20-12-10-19(11-13-20)34-24(26)27/h2-6,9-15,24,32H,1,7-8H2,(H,31,33). The van der Waals surface area contributed by atoms with E-state index in [1.54, 1.807) is 12.1 Å². The zero-order valence-corrected chi connectivity index (χ0v) is 19.9. The molecule has 10 heteroatoms. The predicted octanol–water partition coefficient (Wildman–Crippen LogP) is 8.02. The molecule has 2 N–H and O–H groups in total. The number of rotatable bonds is 10. The molecule has 0 radical (unpaired) electrons. The summed E-state index contributed by atoms with van der Waals surface area (Å²) in [7, 11) is 0. The van der Waals surface area contributed by atoms with Gasteiger partial charge in [-0.2, -0.15) is 22.0 Å². The van der Waals surface area contributed by atoms with E-state index in [4.69, 9.17) is 0 Å². The molecule has 0 bridgehead atoms. The van der Waals surface area contributed by atoms with Crippen LogP contribution in [0.5, 0.6) is 0 Å². The largest absolute Gasteiger partial charge is 0.416 e. The van der Waals surface area contributed by atoms with Gasteiger partial charge < -0.3 is 10.0 Å². The zero-order chi connectivity index (χ0) is 25.4. The van der Waals surface area contributed by atoms with E-state index < -0.39 is 23.4 Å². The van der Waals surface area contributed by atoms with Crippen molar-refractivity contribution in [3.63, 3.8) is 0 Å². The molecule has 35 heavy (non-hydrogen) atoms. The number of hydrogen-bond donors (Lipinski definition) is 2. The van der Waals surface area contributed by atoms with E-state index in [0.717, 1.165) is 35.7 Å². The van der Waals surface area contributed by atoms with Gasteiger partial charge in [-0.25, -0.2) is 0 Å². The van der Waals surface area contributed by atoms with E-state index >= 15 is 0 Å². The maximum absolute atomic E-state index is 13.3. The topological polar surface area (TPSA) is 41.1 Å². The maximum Gasteiger partial charge on any atom is 0.416 e. The SMILES string of the molecule is C=C(CCc1ccccc1)NC(=O)c1ccc(C(F)(F)F)cc1NSc1ccc(SC(F)F)cc1. The summed E-state index contributed by atoms with van der Waals surface area (Å²) in [6.45, 7) is 3.85. The second-order valence-electron chi connectivity index (χ2n) is 7.36. The third kappa shape index (κ3) is 8.32. The molecule has 1 amide bonds. The van der Waals surface area contributed by atoms with Crippen molar-refractivity contribution in [2.75, 3.05) is 4.72 Å². The monoisotopic (exact) mass is 524 g/mol. The normalized spacial score (nSPS) is 11.4. The smallest absolute Gasteiger partial charge is 0.326 e. The average Bonchev–Trinajstić information content (AvgIpc) is 2.82. The van der Waals surface area contributed by atoms with Gasteiger partial charge >= 0.3 is 6.18 Å². The summed E-state index contributed by atoms with van der Waals surface area (Å²) in [5.41, 5.74) is 0.558. The van der Waals surface area contributed by atoms with Gasteiger partial charge in [-0.05, 0) is 72.8 Å². The first-order chi connectivity index (χ1) is 16.6. The number of hydrogen-bond acceptors (Lipinski definition) is 4. The minimum Gasteiger partial charge on any atom is -0.326 e. The van der Waals surface area contributed by atoms with E-state index in [-0.39, 0.29) is 11.3 Å². The number of amides is 1. The minimum atomic E-state index is -4.59. The Hall–Kier alpha value is -2.98. The lowest BCUT2D eigenvalue weighted by Crippen LogP contribution is -2.23. The lowest BCUT2D eigenvalue weighted by atomic mass is 10.1. The number of allylic oxidation sites excluding steroid dienone is 1. The fraction of sp³-hybridized carbons (Fsp3) is 0.160. The molecule has 0 saturated carbocycles. The Morgan fingerprint density at radius 3 is 2.23 bits per heavy atom. The van der Waals surface area contributed by atoms with Crippen LogP contribution in [0.2, 0.25) is 0 Å². The van der Waals surface area contributed by atoms with E-state index in [1.807, 2.05) is 30.3 Å². The van der Waals surface area contributed by atoms with Gasteiger partial charge in [0.2, 0.25) is 0 Å². The summed E-state index contributed by atoms with van der Waals surface area (Å²) in [5.74, 6) is -3.15. The molecule has 0 aliphatic heterocycles. The van der Waals surface area contributed by atoms with Crippen molar-refractivity contribution in [2.45, 2.75) is 34.6 Å². The van der Waals surface area contributed by atoms with E-state index in [1.165, 1.54) is 12.1 Å². The first-order valence-corrected chi connectivity index (χ1v) is 12.0. The number of carbonyl (C=O) groups is 1. The van der Waals surface area contributed by atoms with Gasteiger partial charge in [-0.15, -0.1) is 0 Å². The van der Waals surface area contributed by atoms with Crippen molar-refractivity contribution in [3.05, 3.63) is 102 Å². The highest BCUT2D eigenvalue weighted by atomic mass is 32.2. The van der Waals surface area contributed by atoms with Gasteiger partial charge in [-0.1, -0.05) is 48.7 Å². The Bertz CT molecular complexity index is 1150.